The molecule has 0 aromatic heterocycles. The van der Waals surface area contributed by atoms with Crippen LogP contribution in [0.2, 0.25) is 0 Å². The standard InChI is InChI=1S/C16H24O3/c1-11-7-6-9-15(2,3)12(11)8-10-16(4)13(19-16)14(17)18-5/h7-8,10,12-13H,6,9H2,1-5H3. The molecular weight excluding hydrogens is 240 g/mol. The Kier molecular flexibility index (Phi) is 3.61. The van der Waals surface area contributed by atoms with E-state index in [4.69, 9.17) is 9.47 Å². The van der Waals surface area contributed by atoms with Gasteiger partial charge in [-0.1, -0.05) is 37.6 Å². The average molecular weight is 264 g/mol. The molecule has 0 aromatic rings. The topological polar surface area (TPSA) is 38.8 Å². The molecule has 1 aliphatic heterocycles. The summed E-state index contributed by atoms with van der Waals surface area (Å²) in [6, 6.07) is 0. The zero-order valence-electron chi connectivity index (χ0n) is 12.5. The smallest absolute Gasteiger partial charge is 0.338 e. The van der Waals surface area contributed by atoms with Crippen LogP contribution in [0.3, 0.4) is 0 Å². The van der Waals surface area contributed by atoms with E-state index in [0.717, 1.165) is 6.42 Å². The summed E-state index contributed by atoms with van der Waals surface area (Å²) in [5.74, 6) is 0.128. The number of methoxy groups -OCH3 is 1. The van der Waals surface area contributed by atoms with Crippen molar-refractivity contribution in [1.82, 2.24) is 0 Å². The first-order valence-electron chi connectivity index (χ1n) is 6.92. The predicted octanol–water partition coefficient (Wildman–Crippen LogP) is 3.26. The fourth-order valence-electron chi connectivity index (χ4n) is 3.01. The number of carbonyl (C=O) groups excluding carboxylic acids is 1. The lowest BCUT2D eigenvalue weighted by molar-refractivity contribution is -0.142. The van der Waals surface area contributed by atoms with Crippen molar-refractivity contribution >= 4 is 5.97 Å². The Morgan fingerprint density at radius 1 is 1.47 bits per heavy atom. The van der Waals surface area contributed by atoms with E-state index in [1.54, 1.807) is 0 Å². The first-order chi connectivity index (χ1) is 8.80. The Labute approximate surface area is 115 Å². The monoisotopic (exact) mass is 264 g/mol. The van der Waals surface area contributed by atoms with Crippen molar-refractivity contribution in [2.24, 2.45) is 11.3 Å². The van der Waals surface area contributed by atoms with Crippen molar-refractivity contribution in [3.05, 3.63) is 23.8 Å². The number of hydrogen-bond donors (Lipinski definition) is 0. The molecule has 1 aliphatic carbocycles. The number of ether oxygens (including phenoxy) is 2. The van der Waals surface area contributed by atoms with Gasteiger partial charge in [0.25, 0.3) is 0 Å². The van der Waals surface area contributed by atoms with Crippen molar-refractivity contribution in [1.29, 1.82) is 0 Å². The SMILES string of the molecule is COC(=O)C1OC1(C)C=CC1C(C)=CCCC1(C)C. The third-order valence-corrected chi connectivity index (χ3v) is 4.46. The zero-order valence-corrected chi connectivity index (χ0v) is 12.5. The lowest BCUT2D eigenvalue weighted by Gasteiger charge is -2.36. The van der Waals surface area contributed by atoms with Gasteiger partial charge < -0.3 is 9.47 Å². The Bertz CT molecular complexity index is 433. The first kappa shape index (κ1) is 14.3. The number of epoxide rings is 1. The zero-order chi connectivity index (χ0) is 14.3. The van der Waals surface area contributed by atoms with Gasteiger partial charge in [-0.15, -0.1) is 0 Å². The summed E-state index contributed by atoms with van der Waals surface area (Å²) in [7, 11) is 1.39. The van der Waals surface area contributed by atoms with Crippen LogP contribution >= 0.6 is 0 Å². The number of esters is 1. The largest absolute Gasteiger partial charge is 0.467 e. The molecule has 0 radical (unpaired) electrons. The summed E-state index contributed by atoms with van der Waals surface area (Å²) < 4.78 is 10.2. The summed E-state index contributed by atoms with van der Waals surface area (Å²) >= 11 is 0. The molecule has 0 amide bonds. The molecule has 3 unspecified atom stereocenters. The minimum absolute atomic E-state index is 0.265. The second-order valence-corrected chi connectivity index (χ2v) is 6.52. The lowest BCUT2D eigenvalue weighted by Crippen LogP contribution is -2.27. The van der Waals surface area contributed by atoms with Gasteiger partial charge in [-0.3, -0.25) is 0 Å². The summed E-state index contributed by atoms with van der Waals surface area (Å²) in [6.07, 6.45) is 8.45. The lowest BCUT2D eigenvalue weighted by atomic mass is 9.68. The molecule has 3 heteroatoms. The van der Waals surface area contributed by atoms with Crippen LogP contribution in [0, 0.1) is 11.3 Å². The minimum atomic E-state index is -0.485. The maximum Gasteiger partial charge on any atom is 0.338 e. The summed E-state index contributed by atoms with van der Waals surface area (Å²) in [4.78, 5) is 11.4. The van der Waals surface area contributed by atoms with E-state index in [1.807, 2.05) is 13.0 Å². The third-order valence-electron chi connectivity index (χ3n) is 4.46. The molecule has 1 heterocycles. The summed E-state index contributed by atoms with van der Waals surface area (Å²) in [6.45, 7) is 8.71. The van der Waals surface area contributed by atoms with Crippen LogP contribution in [-0.2, 0) is 14.3 Å². The quantitative estimate of drug-likeness (QED) is 0.446. The highest BCUT2D eigenvalue weighted by atomic mass is 16.6. The van der Waals surface area contributed by atoms with Crippen LogP contribution in [0.25, 0.3) is 0 Å². The minimum Gasteiger partial charge on any atom is -0.467 e. The van der Waals surface area contributed by atoms with Gasteiger partial charge in [0.2, 0.25) is 0 Å². The molecule has 0 aromatic carbocycles. The fraction of sp³-hybridized carbons (Fsp3) is 0.688. The third kappa shape index (κ3) is 2.76. The van der Waals surface area contributed by atoms with Crippen LogP contribution in [-0.4, -0.2) is 24.8 Å². The average Bonchev–Trinajstić information content (AvgIpc) is 2.99. The van der Waals surface area contributed by atoms with Gasteiger partial charge in [-0.2, -0.15) is 0 Å². The molecule has 106 valence electrons. The molecule has 0 N–H and O–H groups in total. The molecule has 19 heavy (non-hydrogen) atoms. The van der Waals surface area contributed by atoms with E-state index >= 15 is 0 Å². The maximum atomic E-state index is 11.4. The molecule has 3 nitrogen and oxygen atoms in total. The van der Waals surface area contributed by atoms with Crippen LogP contribution in [0.15, 0.2) is 23.8 Å². The van der Waals surface area contributed by atoms with Crippen LogP contribution in [0.5, 0.6) is 0 Å². The van der Waals surface area contributed by atoms with Gasteiger partial charge in [-0.05, 0) is 32.1 Å². The van der Waals surface area contributed by atoms with Crippen LogP contribution in [0.1, 0.15) is 40.5 Å². The van der Waals surface area contributed by atoms with Crippen molar-refractivity contribution in [2.45, 2.75) is 52.2 Å². The second-order valence-electron chi connectivity index (χ2n) is 6.52. The molecule has 0 saturated carbocycles. The Morgan fingerprint density at radius 2 is 2.16 bits per heavy atom. The van der Waals surface area contributed by atoms with E-state index < -0.39 is 11.7 Å². The summed E-state index contributed by atoms with van der Waals surface area (Å²) in [5.41, 5.74) is 1.19. The Hall–Kier alpha value is -1.09. The molecule has 1 fully saturated rings. The highest BCUT2D eigenvalue weighted by Gasteiger charge is 2.56. The second kappa shape index (κ2) is 4.78. The van der Waals surface area contributed by atoms with Crippen molar-refractivity contribution in [3.8, 4) is 0 Å². The van der Waals surface area contributed by atoms with E-state index in [1.165, 1.54) is 19.1 Å². The van der Waals surface area contributed by atoms with E-state index in [-0.39, 0.29) is 11.4 Å². The van der Waals surface area contributed by atoms with Gasteiger partial charge in [0.05, 0.1) is 7.11 Å². The van der Waals surface area contributed by atoms with E-state index in [2.05, 4.69) is 32.9 Å². The summed E-state index contributed by atoms with van der Waals surface area (Å²) in [5, 5.41) is 0. The first-order valence-corrected chi connectivity index (χ1v) is 6.92. The fourth-order valence-corrected chi connectivity index (χ4v) is 3.01. The molecular formula is C16H24O3. The molecule has 2 aliphatic rings. The van der Waals surface area contributed by atoms with Crippen molar-refractivity contribution < 1.29 is 14.3 Å². The predicted molar refractivity (Wildman–Crippen MR) is 74.7 cm³/mol. The molecule has 3 atom stereocenters. The number of allylic oxidation sites excluding steroid dienone is 3. The highest BCUT2D eigenvalue weighted by Crippen LogP contribution is 2.44. The number of carbonyl (C=O) groups is 1. The van der Waals surface area contributed by atoms with Crippen molar-refractivity contribution in [3.63, 3.8) is 0 Å². The van der Waals surface area contributed by atoms with Gasteiger partial charge in [0.1, 0.15) is 5.60 Å². The maximum absolute atomic E-state index is 11.4. The molecule has 0 bridgehead atoms. The van der Waals surface area contributed by atoms with Gasteiger partial charge in [-0.25, -0.2) is 4.79 Å². The van der Waals surface area contributed by atoms with E-state index in [0.29, 0.717) is 5.92 Å². The van der Waals surface area contributed by atoms with Gasteiger partial charge >= 0.3 is 5.97 Å². The van der Waals surface area contributed by atoms with Crippen LogP contribution < -0.4 is 0 Å². The molecule has 2 rings (SSSR count). The van der Waals surface area contributed by atoms with E-state index in [9.17, 15) is 4.79 Å². The number of rotatable bonds is 3. The number of hydrogen-bond acceptors (Lipinski definition) is 3. The van der Waals surface area contributed by atoms with Crippen LogP contribution in [0.4, 0.5) is 0 Å². The highest BCUT2D eigenvalue weighted by molar-refractivity contribution is 5.79. The van der Waals surface area contributed by atoms with Gasteiger partial charge in [0.15, 0.2) is 6.10 Å². The molecule has 1 saturated heterocycles. The Morgan fingerprint density at radius 3 is 2.74 bits per heavy atom. The normalized spacial score (nSPS) is 37.0. The molecule has 0 spiro atoms. The van der Waals surface area contributed by atoms with Gasteiger partial charge in [0, 0.05) is 5.92 Å². The van der Waals surface area contributed by atoms with Crippen molar-refractivity contribution in [2.75, 3.05) is 7.11 Å². The Balaban J connectivity index is 2.09.